The molecule has 0 N–H and O–H groups in total. The highest BCUT2D eigenvalue weighted by Crippen LogP contribution is 2.24. The Morgan fingerprint density at radius 3 is 2.43 bits per heavy atom. The number of aromatic nitrogens is 4. The van der Waals surface area contributed by atoms with Crippen molar-refractivity contribution in [2.24, 2.45) is 0 Å². The molecule has 0 amide bonds. The average Bonchev–Trinajstić information content (AvgIpc) is 3.06. The first kappa shape index (κ1) is 20.4. The SMILES string of the molecule is CCn1nc(C)c2nc(SCc3cccc(C)c3)n(Cc3ccc(C)cc3)c(=O)c21. The Morgan fingerprint density at radius 1 is 0.967 bits per heavy atom. The zero-order valence-electron chi connectivity index (χ0n) is 17.8. The van der Waals surface area contributed by atoms with E-state index in [9.17, 15) is 4.79 Å². The summed E-state index contributed by atoms with van der Waals surface area (Å²) in [7, 11) is 0. The van der Waals surface area contributed by atoms with E-state index in [1.54, 1.807) is 21.0 Å². The van der Waals surface area contributed by atoms with Crippen LogP contribution >= 0.6 is 11.8 Å². The molecule has 0 saturated heterocycles. The van der Waals surface area contributed by atoms with Crippen LogP contribution in [0.3, 0.4) is 0 Å². The Hall–Kier alpha value is -2.86. The average molecular weight is 419 g/mol. The van der Waals surface area contributed by atoms with Crippen molar-refractivity contribution in [1.29, 1.82) is 0 Å². The van der Waals surface area contributed by atoms with Crippen molar-refractivity contribution in [3.63, 3.8) is 0 Å². The molecule has 6 heteroatoms. The number of nitrogens with zero attached hydrogens (tertiary/aromatic N) is 4. The summed E-state index contributed by atoms with van der Waals surface area (Å²) in [4.78, 5) is 18.4. The van der Waals surface area contributed by atoms with E-state index in [-0.39, 0.29) is 5.56 Å². The van der Waals surface area contributed by atoms with Gasteiger partial charge >= 0.3 is 0 Å². The van der Waals surface area contributed by atoms with Crippen molar-refractivity contribution in [3.8, 4) is 0 Å². The fourth-order valence-electron chi connectivity index (χ4n) is 3.59. The third-order valence-electron chi connectivity index (χ3n) is 5.19. The maximum atomic E-state index is 13.5. The fraction of sp³-hybridized carbons (Fsp3) is 0.292. The van der Waals surface area contributed by atoms with Gasteiger partial charge in [-0.05, 0) is 38.8 Å². The maximum Gasteiger partial charge on any atom is 0.280 e. The number of rotatable bonds is 6. The molecule has 0 aliphatic carbocycles. The number of aryl methyl sites for hydroxylation is 4. The van der Waals surface area contributed by atoms with Gasteiger partial charge in [0.05, 0.1) is 12.2 Å². The molecule has 0 atom stereocenters. The standard InChI is InChI=1S/C24H26N4OS/c1-5-28-22-21(18(4)26-28)25-24(30-15-20-8-6-7-17(3)13-20)27(23(22)29)14-19-11-9-16(2)10-12-19/h6-13H,5,14-15H2,1-4H3. The van der Waals surface area contributed by atoms with Gasteiger partial charge in [0, 0.05) is 12.3 Å². The van der Waals surface area contributed by atoms with Crippen molar-refractivity contribution < 1.29 is 0 Å². The zero-order valence-corrected chi connectivity index (χ0v) is 18.7. The lowest BCUT2D eigenvalue weighted by atomic mass is 10.1. The number of hydrogen-bond donors (Lipinski definition) is 0. The van der Waals surface area contributed by atoms with E-state index in [0.29, 0.717) is 24.1 Å². The molecule has 4 aromatic rings. The summed E-state index contributed by atoms with van der Waals surface area (Å²) in [6.45, 7) is 9.20. The van der Waals surface area contributed by atoms with Crippen molar-refractivity contribution in [3.05, 3.63) is 86.8 Å². The summed E-state index contributed by atoms with van der Waals surface area (Å²) >= 11 is 1.60. The molecule has 4 rings (SSSR count). The smallest absolute Gasteiger partial charge is 0.280 e. The van der Waals surface area contributed by atoms with E-state index < -0.39 is 0 Å². The Labute approximate surface area is 180 Å². The van der Waals surface area contributed by atoms with Gasteiger partial charge in [0.2, 0.25) is 0 Å². The normalized spacial score (nSPS) is 11.3. The first-order valence-corrected chi connectivity index (χ1v) is 11.2. The van der Waals surface area contributed by atoms with Crippen LogP contribution in [0.5, 0.6) is 0 Å². The van der Waals surface area contributed by atoms with Crippen molar-refractivity contribution in [2.75, 3.05) is 0 Å². The third kappa shape index (κ3) is 4.05. The van der Waals surface area contributed by atoms with Crippen LogP contribution in [0.15, 0.2) is 58.5 Å². The fourth-order valence-corrected chi connectivity index (χ4v) is 4.53. The van der Waals surface area contributed by atoms with E-state index in [1.807, 2.05) is 13.8 Å². The number of thioether (sulfide) groups is 1. The largest absolute Gasteiger partial charge is 0.281 e. The molecular formula is C24H26N4OS. The molecule has 0 aliphatic rings. The second kappa shape index (κ2) is 8.48. The molecule has 0 saturated carbocycles. The van der Waals surface area contributed by atoms with Crippen molar-refractivity contribution in [2.45, 2.75) is 51.7 Å². The van der Waals surface area contributed by atoms with Gasteiger partial charge < -0.3 is 0 Å². The van der Waals surface area contributed by atoms with Crippen LogP contribution < -0.4 is 5.56 Å². The molecule has 0 radical (unpaired) electrons. The van der Waals surface area contributed by atoms with Crippen LogP contribution in [0.2, 0.25) is 0 Å². The number of hydrogen-bond acceptors (Lipinski definition) is 4. The summed E-state index contributed by atoms with van der Waals surface area (Å²) < 4.78 is 3.56. The van der Waals surface area contributed by atoms with Gasteiger partial charge in [-0.2, -0.15) is 5.10 Å². The molecule has 5 nitrogen and oxygen atoms in total. The predicted molar refractivity (Wildman–Crippen MR) is 123 cm³/mol. The minimum atomic E-state index is -0.0326. The monoisotopic (exact) mass is 418 g/mol. The van der Waals surface area contributed by atoms with Gasteiger partial charge in [-0.3, -0.25) is 14.0 Å². The Bertz CT molecular complexity index is 1250. The highest BCUT2D eigenvalue weighted by atomic mass is 32.2. The van der Waals surface area contributed by atoms with Crippen LogP contribution in [0.4, 0.5) is 0 Å². The van der Waals surface area contributed by atoms with Crippen LogP contribution in [-0.2, 0) is 18.8 Å². The lowest BCUT2D eigenvalue weighted by Crippen LogP contribution is -2.25. The quantitative estimate of drug-likeness (QED) is 0.331. The molecule has 0 bridgehead atoms. The summed E-state index contributed by atoms with van der Waals surface area (Å²) in [5, 5.41) is 5.26. The van der Waals surface area contributed by atoms with Gasteiger partial charge in [-0.15, -0.1) is 0 Å². The van der Waals surface area contributed by atoms with Gasteiger partial charge in [-0.1, -0.05) is 71.4 Å². The van der Waals surface area contributed by atoms with Crippen LogP contribution in [0.25, 0.3) is 11.0 Å². The van der Waals surface area contributed by atoms with Crippen LogP contribution in [0, 0.1) is 20.8 Å². The molecule has 2 aromatic carbocycles. The van der Waals surface area contributed by atoms with Crippen LogP contribution in [-0.4, -0.2) is 19.3 Å². The number of benzene rings is 2. The summed E-state index contributed by atoms with van der Waals surface area (Å²) in [6, 6.07) is 16.7. The Balaban J connectivity index is 1.80. The van der Waals surface area contributed by atoms with E-state index in [2.05, 4.69) is 67.5 Å². The van der Waals surface area contributed by atoms with E-state index >= 15 is 0 Å². The minimum Gasteiger partial charge on any atom is -0.281 e. The summed E-state index contributed by atoms with van der Waals surface area (Å²) in [6.07, 6.45) is 0. The highest BCUT2D eigenvalue weighted by Gasteiger charge is 2.18. The molecule has 154 valence electrons. The lowest BCUT2D eigenvalue weighted by Gasteiger charge is -2.13. The lowest BCUT2D eigenvalue weighted by molar-refractivity contribution is 0.636. The van der Waals surface area contributed by atoms with Gasteiger partial charge in [0.15, 0.2) is 10.7 Å². The Morgan fingerprint density at radius 2 is 1.73 bits per heavy atom. The zero-order chi connectivity index (χ0) is 21.3. The molecular weight excluding hydrogens is 392 g/mol. The molecule has 2 heterocycles. The topological polar surface area (TPSA) is 52.7 Å². The third-order valence-corrected chi connectivity index (χ3v) is 6.24. The van der Waals surface area contributed by atoms with Gasteiger partial charge in [-0.25, -0.2) is 4.98 Å². The molecule has 0 spiro atoms. The summed E-state index contributed by atoms with van der Waals surface area (Å²) in [5.41, 5.74) is 6.79. The molecule has 2 aromatic heterocycles. The molecule has 0 fully saturated rings. The van der Waals surface area contributed by atoms with Crippen molar-refractivity contribution >= 4 is 22.8 Å². The minimum absolute atomic E-state index is 0.0326. The summed E-state index contributed by atoms with van der Waals surface area (Å²) in [5.74, 6) is 0.758. The van der Waals surface area contributed by atoms with E-state index in [1.165, 1.54) is 16.7 Å². The first-order chi connectivity index (χ1) is 14.5. The van der Waals surface area contributed by atoms with Gasteiger partial charge in [0.25, 0.3) is 5.56 Å². The molecule has 0 aliphatic heterocycles. The number of fused-ring (bicyclic) bond motifs is 1. The first-order valence-electron chi connectivity index (χ1n) is 10.2. The van der Waals surface area contributed by atoms with E-state index in [4.69, 9.17) is 4.98 Å². The van der Waals surface area contributed by atoms with Crippen LogP contribution in [0.1, 0.15) is 34.9 Å². The maximum absolute atomic E-state index is 13.5. The van der Waals surface area contributed by atoms with Crippen molar-refractivity contribution in [1.82, 2.24) is 19.3 Å². The molecule has 0 unspecified atom stereocenters. The Kier molecular flexibility index (Phi) is 5.77. The van der Waals surface area contributed by atoms with E-state index in [0.717, 1.165) is 22.2 Å². The predicted octanol–water partition coefficient (Wildman–Crippen LogP) is 4.88. The highest BCUT2D eigenvalue weighted by molar-refractivity contribution is 7.98. The van der Waals surface area contributed by atoms with Gasteiger partial charge in [0.1, 0.15) is 5.52 Å². The second-order valence-corrected chi connectivity index (χ2v) is 8.59. The second-order valence-electron chi connectivity index (χ2n) is 7.65. The molecule has 30 heavy (non-hydrogen) atoms.